The minimum Gasteiger partial charge on any atom is -0.333 e. The van der Waals surface area contributed by atoms with Crippen molar-refractivity contribution < 1.29 is 9.59 Å². The summed E-state index contributed by atoms with van der Waals surface area (Å²) in [6.45, 7) is 0. The molecule has 0 spiro atoms. The van der Waals surface area contributed by atoms with Gasteiger partial charge in [0.2, 0.25) is 0 Å². The first-order valence-corrected chi connectivity index (χ1v) is 14.5. The van der Waals surface area contributed by atoms with E-state index in [9.17, 15) is 9.59 Å². The minimum atomic E-state index is 0.187. The van der Waals surface area contributed by atoms with E-state index >= 15 is 0 Å². The Balaban J connectivity index is 1.42. The van der Waals surface area contributed by atoms with E-state index in [4.69, 9.17) is 0 Å². The normalized spacial score (nSPS) is 23.7. The van der Waals surface area contributed by atoms with E-state index in [2.05, 4.69) is 9.80 Å². The van der Waals surface area contributed by atoms with Crippen LogP contribution >= 0.6 is 0 Å². The zero-order valence-electron chi connectivity index (χ0n) is 21.7. The lowest BCUT2D eigenvalue weighted by Gasteiger charge is -2.47. The molecule has 192 valence electrons. The zero-order chi connectivity index (χ0) is 24.7. The summed E-state index contributed by atoms with van der Waals surface area (Å²) in [5.41, 5.74) is 1.60. The number of benzene rings is 2. The highest BCUT2D eigenvalue weighted by Gasteiger charge is 2.40. The fourth-order valence-corrected chi connectivity index (χ4v) is 7.08. The Hall–Kier alpha value is -2.62. The molecule has 3 aliphatic carbocycles. The van der Waals surface area contributed by atoms with Crippen LogP contribution in [0.25, 0.3) is 0 Å². The highest BCUT2D eigenvalue weighted by atomic mass is 16.2. The molecule has 3 saturated carbocycles. The van der Waals surface area contributed by atoms with Crippen LogP contribution in [0.1, 0.15) is 111 Å². The molecule has 0 N–H and O–H groups in total. The van der Waals surface area contributed by atoms with Gasteiger partial charge in [-0.2, -0.15) is 0 Å². The van der Waals surface area contributed by atoms with Gasteiger partial charge in [-0.3, -0.25) is 9.59 Å². The van der Waals surface area contributed by atoms with Crippen LogP contribution in [-0.2, 0) is 0 Å². The molecule has 2 atom stereocenters. The second-order valence-electron chi connectivity index (χ2n) is 11.2. The summed E-state index contributed by atoms with van der Waals surface area (Å²) in [7, 11) is 0. The van der Waals surface area contributed by atoms with Gasteiger partial charge in [0, 0.05) is 35.3 Å². The van der Waals surface area contributed by atoms with E-state index in [1.165, 1.54) is 38.5 Å². The van der Waals surface area contributed by atoms with Crippen LogP contribution in [0.5, 0.6) is 0 Å². The predicted octanol–water partition coefficient (Wildman–Crippen LogP) is 7.25. The van der Waals surface area contributed by atoms with Crippen molar-refractivity contribution in [2.45, 2.75) is 114 Å². The molecule has 0 bridgehead atoms. The quantitative estimate of drug-likeness (QED) is 0.431. The Morgan fingerprint density at radius 2 is 0.833 bits per heavy atom. The van der Waals surface area contributed by atoms with Crippen molar-refractivity contribution >= 4 is 11.8 Å². The fourth-order valence-electron chi connectivity index (χ4n) is 7.08. The van der Waals surface area contributed by atoms with E-state index < -0.39 is 0 Å². The Morgan fingerprint density at radius 1 is 0.472 bits per heavy atom. The molecular weight excluding hydrogens is 444 g/mol. The number of rotatable bonds is 6. The van der Waals surface area contributed by atoms with Crippen molar-refractivity contribution in [2.75, 3.05) is 0 Å². The number of carbonyl (C=O) groups is 2. The van der Waals surface area contributed by atoms with Crippen molar-refractivity contribution in [3.63, 3.8) is 0 Å². The van der Waals surface area contributed by atoms with Gasteiger partial charge in [-0.1, -0.05) is 74.9 Å². The van der Waals surface area contributed by atoms with E-state index in [1.54, 1.807) is 0 Å². The number of nitrogens with zero attached hydrogens (tertiary/aromatic N) is 2. The summed E-state index contributed by atoms with van der Waals surface area (Å²) in [5.74, 6) is 0.374. The van der Waals surface area contributed by atoms with E-state index in [0.29, 0.717) is 12.1 Å². The van der Waals surface area contributed by atoms with Gasteiger partial charge in [-0.25, -0.2) is 0 Å². The lowest BCUT2D eigenvalue weighted by molar-refractivity contribution is 0.0201. The molecule has 2 amide bonds. The summed E-state index contributed by atoms with van der Waals surface area (Å²) in [4.78, 5) is 32.4. The SMILES string of the molecule is O=C(c1ccccc1)N(C1CCCCC1)C1CCCC(N(C(=O)c2ccccc2)C2CCCCC2)C1. The molecule has 0 aliphatic heterocycles. The highest BCUT2D eigenvalue weighted by Crippen LogP contribution is 2.36. The first kappa shape index (κ1) is 25.0. The van der Waals surface area contributed by atoms with Gasteiger partial charge >= 0.3 is 0 Å². The second kappa shape index (κ2) is 12.1. The van der Waals surface area contributed by atoms with E-state index in [0.717, 1.165) is 62.5 Å². The monoisotopic (exact) mass is 486 g/mol. The van der Waals surface area contributed by atoms with E-state index in [1.807, 2.05) is 60.7 Å². The van der Waals surface area contributed by atoms with Gasteiger partial charge in [-0.15, -0.1) is 0 Å². The van der Waals surface area contributed by atoms with Gasteiger partial charge in [-0.05, 0) is 75.6 Å². The van der Waals surface area contributed by atoms with Crippen LogP contribution < -0.4 is 0 Å². The number of hydrogen-bond acceptors (Lipinski definition) is 2. The van der Waals surface area contributed by atoms with Gasteiger partial charge in [0.15, 0.2) is 0 Å². The minimum absolute atomic E-state index is 0.187. The van der Waals surface area contributed by atoms with Crippen LogP contribution in [0, 0.1) is 0 Å². The number of carbonyl (C=O) groups excluding carboxylic acids is 2. The molecule has 2 aromatic carbocycles. The molecule has 0 aromatic heterocycles. The van der Waals surface area contributed by atoms with Gasteiger partial charge in [0.25, 0.3) is 11.8 Å². The van der Waals surface area contributed by atoms with Crippen molar-refractivity contribution in [3.8, 4) is 0 Å². The van der Waals surface area contributed by atoms with E-state index in [-0.39, 0.29) is 23.9 Å². The molecular formula is C32H42N2O2. The summed E-state index contributed by atoms with van der Waals surface area (Å²) in [6, 6.07) is 20.8. The van der Waals surface area contributed by atoms with Crippen molar-refractivity contribution in [1.29, 1.82) is 0 Å². The Labute approximate surface area is 217 Å². The first-order valence-electron chi connectivity index (χ1n) is 14.5. The Morgan fingerprint density at radius 3 is 1.22 bits per heavy atom. The van der Waals surface area contributed by atoms with Crippen LogP contribution in [0.2, 0.25) is 0 Å². The molecule has 0 saturated heterocycles. The maximum atomic E-state index is 13.9. The van der Waals surface area contributed by atoms with Crippen LogP contribution in [0.4, 0.5) is 0 Å². The first-order chi connectivity index (χ1) is 17.7. The molecule has 2 aromatic rings. The standard InChI is InChI=1S/C32H42N2O2/c35-31(25-14-5-1-6-15-25)33(27-18-9-3-10-19-27)29-22-13-23-30(24-29)34(28-20-11-4-12-21-28)32(36)26-16-7-2-8-17-26/h1-2,5-8,14-17,27-30H,3-4,9-13,18-24H2. The third-order valence-electron chi connectivity index (χ3n) is 8.85. The Bertz CT molecular complexity index is 900. The summed E-state index contributed by atoms with van der Waals surface area (Å²) in [6.07, 6.45) is 15.9. The third-order valence-corrected chi connectivity index (χ3v) is 8.85. The number of amides is 2. The van der Waals surface area contributed by atoms with Gasteiger partial charge < -0.3 is 9.80 Å². The molecule has 3 fully saturated rings. The van der Waals surface area contributed by atoms with Gasteiger partial charge in [0.05, 0.1) is 0 Å². The maximum absolute atomic E-state index is 13.9. The van der Waals surface area contributed by atoms with Crippen molar-refractivity contribution in [2.24, 2.45) is 0 Å². The third kappa shape index (κ3) is 5.68. The molecule has 4 nitrogen and oxygen atoms in total. The maximum Gasteiger partial charge on any atom is 0.254 e. The largest absolute Gasteiger partial charge is 0.333 e. The topological polar surface area (TPSA) is 40.6 Å². The summed E-state index contributed by atoms with van der Waals surface area (Å²) in [5, 5.41) is 0. The predicted molar refractivity (Wildman–Crippen MR) is 145 cm³/mol. The highest BCUT2D eigenvalue weighted by molar-refractivity contribution is 5.95. The van der Waals surface area contributed by atoms with Crippen LogP contribution in [-0.4, -0.2) is 45.8 Å². The molecule has 36 heavy (non-hydrogen) atoms. The van der Waals surface area contributed by atoms with Gasteiger partial charge in [0.1, 0.15) is 0 Å². The van der Waals surface area contributed by atoms with Crippen LogP contribution in [0.3, 0.4) is 0 Å². The Kier molecular flexibility index (Phi) is 8.40. The average Bonchev–Trinajstić information content (AvgIpc) is 2.96. The average molecular weight is 487 g/mol. The molecule has 4 heteroatoms. The molecule has 5 rings (SSSR count). The summed E-state index contributed by atoms with van der Waals surface area (Å²) >= 11 is 0. The number of hydrogen-bond donors (Lipinski definition) is 0. The lowest BCUT2D eigenvalue weighted by Crippen LogP contribution is -2.55. The molecule has 2 unspecified atom stereocenters. The molecule has 0 heterocycles. The van der Waals surface area contributed by atoms with Crippen LogP contribution in [0.15, 0.2) is 60.7 Å². The molecule has 0 radical (unpaired) electrons. The van der Waals surface area contributed by atoms with Crippen molar-refractivity contribution in [3.05, 3.63) is 71.8 Å². The fraction of sp³-hybridized carbons (Fsp3) is 0.562. The lowest BCUT2D eigenvalue weighted by atomic mass is 9.83. The summed E-state index contributed by atoms with van der Waals surface area (Å²) < 4.78 is 0. The molecule has 3 aliphatic rings. The zero-order valence-corrected chi connectivity index (χ0v) is 21.7. The van der Waals surface area contributed by atoms with Crippen molar-refractivity contribution in [1.82, 2.24) is 9.80 Å². The smallest absolute Gasteiger partial charge is 0.254 e. The second-order valence-corrected chi connectivity index (χ2v) is 11.2.